The lowest BCUT2D eigenvalue weighted by Gasteiger charge is -2.07. The Kier molecular flexibility index (Phi) is 3.86. The Hall–Kier alpha value is -1.60. The Balaban J connectivity index is 2.25. The molecule has 0 radical (unpaired) electrons. The van der Waals surface area contributed by atoms with Crippen molar-refractivity contribution in [1.29, 1.82) is 0 Å². The van der Waals surface area contributed by atoms with E-state index in [9.17, 15) is 4.79 Å². The summed E-state index contributed by atoms with van der Waals surface area (Å²) in [5, 5.41) is 9.77. The van der Waals surface area contributed by atoms with Gasteiger partial charge in [0.2, 0.25) is 0 Å². The van der Waals surface area contributed by atoms with Crippen LogP contribution in [0.3, 0.4) is 0 Å². The fourth-order valence-electron chi connectivity index (χ4n) is 2.23. The average molecular weight is 413 g/mol. The van der Waals surface area contributed by atoms with E-state index in [-0.39, 0.29) is 6.54 Å². The fourth-order valence-corrected chi connectivity index (χ4v) is 2.74. The van der Waals surface area contributed by atoms with Crippen LogP contribution in [0, 0.1) is 3.57 Å². The van der Waals surface area contributed by atoms with Crippen LogP contribution in [0.1, 0.15) is 0 Å². The second-order valence-electron chi connectivity index (χ2n) is 4.53. The largest absolute Gasteiger partial charge is 0.480 e. The molecule has 3 aromatic rings. The molecular formula is C15H10ClIN2O2. The number of halogens is 2. The van der Waals surface area contributed by atoms with Gasteiger partial charge in [-0.05, 0) is 46.9 Å². The number of aliphatic carboxylic acids is 1. The molecule has 0 unspecified atom stereocenters. The first kappa shape index (κ1) is 14.3. The van der Waals surface area contributed by atoms with Gasteiger partial charge in [0.15, 0.2) is 0 Å². The van der Waals surface area contributed by atoms with Crippen LogP contribution in [0.5, 0.6) is 0 Å². The first-order valence-corrected chi connectivity index (χ1v) is 7.64. The molecule has 4 nitrogen and oxygen atoms in total. The molecule has 0 bridgehead atoms. The molecule has 0 aliphatic heterocycles. The smallest absolute Gasteiger partial charge is 0.323 e. The summed E-state index contributed by atoms with van der Waals surface area (Å²) >= 11 is 8.31. The van der Waals surface area contributed by atoms with E-state index in [1.54, 1.807) is 4.57 Å². The molecule has 2 aromatic carbocycles. The lowest BCUT2D eigenvalue weighted by molar-refractivity contribution is -0.137. The highest BCUT2D eigenvalue weighted by atomic mass is 127. The number of nitrogens with zero attached hydrogens (tertiary/aromatic N) is 2. The zero-order valence-electron chi connectivity index (χ0n) is 10.8. The van der Waals surface area contributed by atoms with Gasteiger partial charge < -0.3 is 9.67 Å². The van der Waals surface area contributed by atoms with Crippen molar-refractivity contribution in [3.05, 3.63) is 51.1 Å². The first-order chi connectivity index (χ1) is 10.1. The Morgan fingerprint density at radius 2 is 2.05 bits per heavy atom. The summed E-state index contributed by atoms with van der Waals surface area (Å²) in [6, 6.07) is 13.1. The van der Waals surface area contributed by atoms with Gasteiger partial charge in [-0.1, -0.05) is 29.8 Å². The Morgan fingerprint density at radius 3 is 2.76 bits per heavy atom. The molecule has 1 heterocycles. The molecule has 3 rings (SSSR count). The van der Waals surface area contributed by atoms with Crippen molar-refractivity contribution in [2.75, 3.05) is 0 Å². The van der Waals surface area contributed by atoms with Gasteiger partial charge in [0.1, 0.15) is 12.4 Å². The third-order valence-electron chi connectivity index (χ3n) is 3.13. The maximum atomic E-state index is 11.1. The topological polar surface area (TPSA) is 55.1 Å². The van der Waals surface area contributed by atoms with E-state index >= 15 is 0 Å². The number of benzene rings is 2. The van der Waals surface area contributed by atoms with Crippen molar-refractivity contribution in [3.8, 4) is 11.4 Å². The van der Waals surface area contributed by atoms with Gasteiger partial charge in [-0.3, -0.25) is 4.79 Å². The minimum atomic E-state index is -0.906. The molecule has 0 spiro atoms. The normalized spacial score (nSPS) is 11.0. The standard InChI is InChI=1S/C15H10ClIN2O2/c16-10-7-9(5-6-11(10)17)15-18-12-3-1-2-4-13(12)19(15)8-14(20)21/h1-7H,8H2,(H,20,21). The van der Waals surface area contributed by atoms with E-state index in [1.807, 2.05) is 42.5 Å². The third-order valence-corrected chi connectivity index (χ3v) is 4.70. The third kappa shape index (κ3) is 2.75. The zero-order chi connectivity index (χ0) is 15.0. The molecule has 21 heavy (non-hydrogen) atoms. The number of hydrogen-bond donors (Lipinski definition) is 1. The van der Waals surface area contributed by atoms with E-state index in [4.69, 9.17) is 16.7 Å². The van der Waals surface area contributed by atoms with Crippen molar-refractivity contribution >= 4 is 51.2 Å². The number of carboxylic acids is 1. The van der Waals surface area contributed by atoms with Crippen LogP contribution in [0.15, 0.2) is 42.5 Å². The second-order valence-corrected chi connectivity index (χ2v) is 6.10. The minimum Gasteiger partial charge on any atom is -0.480 e. The molecule has 0 aliphatic rings. The van der Waals surface area contributed by atoms with Crippen LogP contribution in [-0.2, 0) is 11.3 Å². The summed E-state index contributed by atoms with van der Waals surface area (Å²) in [5.74, 6) is -0.298. The van der Waals surface area contributed by atoms with Crippen LogP contribution in [0.4, 0.5) is 0 Å². The maximum absolute atomic E-state index is 11.1. The number of fused-ring (bicyclic) bond motifs is 1. The molecule has 106 valence electrons. The molecule has 6 heteroatoms. The fraction of sp³-hybridized carbons (Fsp3) is 0.0667. The Bertz CT molecular complexity index is 845. The van der Waals surface area contributed by atoms with Crippen LogP contribution in [0.2, 0.25) is 5.02 Å². The summed E-state index contributed by atoms with van der Waals surface area (Å²) in [4.78, 5) is 15.7. The number of carboxylic acid groups (broad SMARTS) is 1. The quantitative estimate of drug-likeness (QED) is 0.661. The molecular weight excluding hydrogens is 403 g/mol. The number of hydrogen-bond acceptors (Lipinski definition) is 2. The minimum absolute atomic E-state index is 0.139. The predicted molar refractivity (Wildman–Crippen MR) is 90.5 cm³/mol. The Morgan fingerprint density at radius 1 is 1.29 bits per heavy atom. The molecule has 0 aliphatic carbocycles. The molecule has 0 atom stereocenters. The monoisotopic (exact) mass is 412 g/mol. The van der Waals surface area contributed by atoms with Crippen LogP contribution in [-0.4, -0.2) is 20.6 Å². The number of aromatic nitrogens is 2. The van der Waals surface area contributed by atoms with Crippen molar-refractivity contribution < 1.29 is 9.90 Å². The Labute approximate surface area is 139 Å². The highest BCUT2D eigenvalue weighted by Gasteiger charge is 2.15. The highest BCUT2D eigenvalue weighted by Crippen LogP contribution is 2.28. The van der Waals surface area contributed by atoms with E-state index in [2.05, 4.69) is 27.6 Å². The van der Waals surface area contributed by atoms with Crippen molar-refractivity contribution in [2.45, 2.75) is 6.54 Å². The number of imidazole rings is 1. The number of rotatable bonds is 3. The van der Waals surface area contributed by atoms with Gasteiger partial charge in [-0.15, -0.1) is 0 Å². The van der Waals surface area contributed by atoms with Gasteiger partial charge in [0, 0.05) is 9.13 Å². The predicted octanol–water partition coefficient (Wildman–Crippen LogP) is 4.05. The number of carbonyl (C=O) groups is 1. The van der Waals surface area contributed by atoms with Crippen molar-refractivity contribution in [3.63, 3.8) is 0 Å². The van der Waals surface area contributed by atoms with Crippen LogP contribution in [0.25, 0.3) is 22.4 Å². The van der Waals surface area contributed by atoms with Gasteiger partial charge in [-0.25, -0.2) is 4.98 Å². The summed E-state index contributed by atoms with van der Waals surface area (Å²) in [7, 11) is 0. The first-order valence-electron chi connectivity index (χ1n) is 6.19. The SMILES string of the molecule is O=C(O)Cn1c(-c2ccc(I)c(Cl)c2)nc2ccccc21. The van der Waals surface area contributed by atoms with E-state index < -0.39 is 5.97 Å². The zero-order valence-corrected chi connectivity index (χ0v) is 13.7. The highest BCUT2D eigenvalue weighted by molar-refractivity contribution is 14.1. The summed E-state index contributed by atoms with van der Waals surface area (Å²) < 4.78 is 2.63. The molecule has 0 amide bonds. The molecule has 0 saturated carbocycles. The van der Waals surface area contributed by atoms with Gasteiger partial charge >= 0.3 is 5.97 Å². The van der Waals surface area contributed by atoms with Gasteiger partial charge in [0.25, 0.3) is 0 Å². The molecule has 1 N–H and O–H groups in total. The van der Waals surface area contributed by atoms with E-state index in [1.165, 1.54) is 0 Å². The maximum Gasteiger partial charge on any atom is 0.323 e. The summed E-state index contributed by atoms with van der Waals surface area (Å²) in [6.07, 6.45) is 0. The number of para-hydroxylation sites is 2. The van der Waals surface area contributed by atoms with Gasteiger partial charge in [-0.2, -0.15) is 0 Å². The van der Waals surface area contributed by atoms with Gasteiger partial charge in [0.05, 0.1) is 16.1 Å². The van der Waals surface area contributed by atoms with E-state index in [0.717, 1.165) is 20.2 Å². The summed E-state index contributed by atoms with van der Waals surface area (Å²) in [5.41, 5.74) is 2.37. The molecule has 1 aromatic heterocycles. The van der Waals surface area contributed by atoms with Crippen LogP contribution >= 0.6 is 34.2 Å². The lowest BCUT2D eigenvalue weighted by Crippen LogP contribution is -2.10. The lowest BCUT2D eigenvalue weighted by atomic mass is 10.2. The molecule has 0 saturated heterocycles. The molecule has 0 fully saturated rings. The van der Waals surface area contributed by atoms with E-state index in [0.29, 0.717) is 10.8 Å². The average Bonchev–Trinajstić information content (AvgIpc) is 2.80. The second kappa shape index (κ2) is 5.65. The van der Waals surface area contributed by atoms with Crippen LogP contribution < -0.4 is 0 Å². The summed E-state index contributed by atoms with van der Waals surface area (Å²) in [6.45, 7) is -0.139. The van der Waals surface area contributed by atoms with Crippen molar-refractivity contribution in [1.82, 2.24) is 9.55 Å². The van der Waals surface area contributed by atoms with Crippen molar-refractivity contribution in [2.24, 2.45) is 0 Å².